The van der Waals surface area contributed by atoms with E-state index in [0.29, 0.717) is 13.0 Å². The van der Waals surface area contributed by atoms with E-state index in [0.717, 1.165) is 64.2 Å². The zero-order chi connectivity index (χ0) is 21.0. The number of nitrogens with two attached hydrogens (primary N) is 1. The Balaban J connectivity index is 2.53. The fourth-order valence-electron chi connectivity index (χ4n) is 4.43. The first-order chi connectivity index (χ1) is 13.3. The number of allylic oxidation sites excluding steroid dienone is 1. The second-order valence-corrected chi connectivity index (χ2v) is 8.74. The summed E-state index contributed by atoms with van der Waals surface area (Å²) in [5, 5.41) is 21.2. The molecule has 0 saturated heterocycles. The van der Waals surface area contributed by atoms with Crippen molar-refractivity contribution >= 4 is 5.97 Å². The molecule has 0 aliphatic heterocycles. The summed E-state index contributed by atoms with van der Waals surface area (Å²) in [5.74, 6) is 0.569. The molecule has 1 fully saturated rings. The number of ether oxygens (including phenoxy) is 1. The lowest BCUT2D eigenvalue weighted by Gasteiger charge is -2.25. The molecule has 0 aromatic heterocycles. The van der Waals surface area contributed by atoms with Gasteiger partial charge in [-0.2, -0.15) is 0 Å². The predicted molar refractivity (Wildman–Crippen MR) is 114 cm³/mol. The number of hydrogen-bond donors (Lipinski definition) is 3. The predicted octanol–water partition coefficient (Wildman–Crippen LogP) is 3.96. The molecule has 5 heteroatoms. The van der Waals surface area contributed by atoms with E-state index in [9.17, 15) is 15.0 Å². The molecule has 5 atom stereocenters. The van der Waals surface area contributed by atoms with Gasteiger partial charge in [0.15, 0.2) is 0 Å². The zero-order valence-electron chi connectivity index (χ0n) is 18.2. The highest BCUT2D eigenvalue weighted by molar-refractivity contribution is 5.68. The van der Waals surface area contributed by atoms with Gasteiger partial charge >= 0.3 is 5.97 Å². The van der Waals surface area contributed by atoms with Crippen molar-refractivity contribution in [2.75, 3.05) is 13.7 Å². The number of rotatable bonds is 14. The molecule has 0 aromatic carbocycles. The maximum absolute atomic E-state index is 11.1. The van der Waals surface area contributed by atoms with Crippen molar-refractivity contribution in [3.05, 3.63) is 12.2 Å². The topological polar surface area (TPSA) is 92.8 Å². The zero-order valence-corrected chi connectivity index (χ0v) is 18.2. The average molecular weight is 398 g/mol. The number of aliphatic hydroxyl groups excluding tert-OH is 1. The number of carbonyl (C=O) groups excluding carboxylic acids is 1. The summed E-state index contributed by atoms with van der Waals surface area (Å²) >= 11 is 0. The third-order valence-corrected chi connectivity index (χ3v) is 6.24. The molecule has 5 nitrogen and oxygen atoms in total. The van der Waals surface area contributed by atoms with Crippen molar-refractivity contribution in [2.45, 2.75) is 96.2 Å². The van der Waals surface area contributed by atoms with Gasteiger partial charge < -0.3 is 20.7 Å². The van der Waals surface area contributed by atoms with Crippen LogP contribution in [-0.4, -0.2) is 41.5 Å². The van der Waals surface area contributed by atoms with Gasteiger partial charge in [-0.25, -0.2) is 0 Å². The Morgan fingerprint density at radius 3 is 2.57 bits per heavy atom. The molecule has 0 bridgehead atoms. The van der Waals surface area contributed by atoms with Crippen LogP contribution in [0.25, 0.3) is 0 Å². The number of hydrogen-bond acceptors (Lipinski definition) is 5. The molecule has 0 heterocycles. The average Bonchev–Trinajstić information content (AvgIpc) is 2.97. The SMILES string of the molecule is CCCCCC(C)(O)C=C[C@H]1[C@H](CN)C[C@H](O)[C@@H]1CCCCCCC(=O)OC. The Hall–Kier alpha value is -0.910. The number of methoxy groups -OCH3 is 1. The largest absolute Gasteiger partial charge is 0.469 e. The van der Waals surface area contributed by atoms with Crippen LogP contribution in [0.3, 0.4) is 0 Å². The monoisotopic (exact) mass is 397 g/mol. The van der Waals surface area contributed by atoms with Crippen LogP contribution in [0.2, 0.25) is 0 Å². The van der Waals surface area contributed by atoms with Gasteiger partial charge in [-0.05, 0) is 56.9 Å². The van der Waals surface area contributed by atoms with Crippen LogP contribution in [0.1, 0.15) is 84.5 Å². The maximum atomic E-state index is 11.1. The van der Waals surface area contributed by atoms with Crippen molar-refractivity contribution in [2.24, 2.45) is 23.5 Å². The Morgan fingerprint density at radius 2 is 1.93 bits per heavy atom. The second kappa shape index (κ2) is 13.3. The van der Waals surface area contributed by atoms with E-state index in [1.807, 2.05) is 13.0 Å². The van der Waals surface area contributed by atoms with Gasteiger partial charge in [-0.3, -0.25) is 4.79 Å². The Labute approximate surface area is 171 Å². The number of aliphatic hydroxyl groups is 2. The molecule has 0 spiro atoms. The standard InChI is InChI=1S/C23H43NO4/c1-4-5-10-14-23(2,27)15-13-19-18(17-24)16-21(25)20(19)11-8-6-7-9-12-22(26)28-3/h13,15,18-21,25,27H,4-12,14,16-17,24H2,1-3H3/t18-,19-,20+,21-,23?/m0/s1. The van der Waals surface area contributed by atoms with Crippen molar-refractivity contribution < 1.29 is 19.7 Å². The molecule has 1 rings (SSSR count). The molecular weight excluding hydrogens is 354 g/mol. The summed E-state index contributed by atoms with van der Waals surface area (Å²) in [7, 11) is 1.42. The van der Waals surface area contributed by atoms with Crippen LogP contribution in [0.4, 0.5) is 0 Å². The molecule has 1 unspecified atom stereocenters. The van der Waals surface area contributed by atoms with Crippen LogP contribution in [-0.2, 0) is 9.53 Å². The van der Waals surface area contributed by atoms with Crippen LogP contribution in [0.5, 0.6) is 0 Å². The highest BCUT2D eigenvalue weighted by Gasteiger charge is 2.40. The minimum absolute atomic E-state index is 0.145. The lowest BCUT2D eigenvalue weighted by molar-refractivity contribution is -0.140. The minimum Gasteiger partial charge on any atom is -0.469 e. The van der Waals surface area contributed by atoms with Gasteiger partial charge in [0.05, 0.1) is 18.8 Å². The Kier molecular flexibility index (Phi) is 12.0. The van der Waals surface area contributed by atoms with E-state index in [1.54, 1.807) is 0 Å². The molecule has 0 radical (unpaired) electrons. The van der Waals surface area contributed by atoms with Gasteiger partial charge in [-0.15, -0.1) is 0 Å². The normalized spacial score (nSPS) is 27.2. The van der Waals surface area contributed by atoms with Gasteiger partial charge in [0, 0.05) is 6.42 Å². The summed E-state index contributed by atoms with van der Waals surface area (Å²) in [6.45, 7) is 4.61. The highest BCUT2D eigenvalue weighted by Crippen LogP contribution is 2.41. The molecule has 1 saturated carbocycles. The first-order valence-corrected chi connectivity index (χ1v) is 11.2. The first-order valence-electron chi connectivity index (χ1n) is 11.2. The van der Waals surface area contributed by atoms with E-state index < -0.39 is 5.60 Å². The Bertz CT molecular complexity index is 464. The van der Waals surface area contributed by atoms with E-state index in [1.165, 1.54) is 7.11 Å². The number of carbonyl (C=O) groups is 1. The smallest absolute Gasteiger partial charge is 0.305 e. The fourth-order valence-corrected chi connectivity index (χ4v) is 4.43. The van der Waals surface area contributed by atoms with E-state index in [-0.39, 0.29) is 29.8 Å². The van der Waals surface area contributed by atoms with E-state index >= 15 is 0 Å². The van der Waals surface area contributed by atoms with Gasteiger partial charge in [0.25, 0.3) is 0 Å². The summed E-state index contributed by atoms with van der Waals surface area (Å²) < 4.78 is 4.66. The van der Waals surface area contributed by atoms with E-state index in [4.69, 9.17) is 5.73 Å². The summed E-state index contributed by atoms with van der Waals surface area (Å²) in [6, 6.07) is 0. The first kappa shape index (κ1) is 25.1. The molecule has 4 N–H and O–H groups in total. The van der Waals surface area contributed by atoms with Crippen LogP contribution in [0.15, 0.2) is 12.2 Å². The van der Waals surface area contributed by atoms with Crippen molar-refractivity contribution in [1.29, 1.82) is 0 Å². The molecule has 164 valence electrons. The summed E-state index contributed by atoms with van der Waals surface area (Å²) in [5.41, 5.74) is 5.18. The molecular formula is C23H43NO4. The molecule has 28 heavy (non-hydrogen) atoms. The molecule has 1 aliphatic rings. The Morgan fingerprint density at radius 1 is 1.21 bits per heavy atom. The van der Waals surface area contributed by atoms with Crippen LogP contribution in [0, 0.1) is 17.8 Å². The summed E-state index contributed by atoms with van der Waals surface area (Å²) in [4.78, 5) is 11.1. The van der Waals surface area contributed by atoms with Gasteiger partial charge in [0.2, 0.25) is 0 Å². The minimum atomic E-state index is -0.791. The van der Waals surface area contributed by atoms with E-state index in [2.05, 4.69) is 17.7 Å². The number of esters is 1. The van der Waals surface area contributed by atoms with Crippen molar-refractivity contribution in [1.82, 2.24) is 0 Å². The van der Waals surface area contributed by atoms with Crippen molar-refractivity contribution in [3.63, 3.8) is 0 Å². The highest BCUT2D eigenvalue weighted by atomic mass is 16.5. The third-order valence-electron chi connectivity index (χ3n) is 6.24. The number of unbranched alkanes of at least 4 members (excludes halogenated alkanes) is 5. The van der Waals surface area contributed by atoms with Crippen LogP contribution < -0.4 is 5.73 Å². The lowest BCUT2D eigenvalue weighted by atomic mass is 9.83. The molecule has 0 amide bonds. The summed E-state index contributed by atoms with van der Waals surface area (Å²) in [6.07, 6.45) is 14.0. The molecule has 0 aromatic rings. The van der Waals surface area contributed by atoms with Crippen molar-refractivity contribution in [3.8, 4) is 0 Å². The third kappa shape index (κ3) is 9.06. The van der Waals surface area contributed by atoms with Gasteiger partial charge in [-0.1, -0.05) is 57.6 Å². The van der Waals surface area contributed by atoms with Crippen LogP contribution >= 0.6 is 0 Å². The lowest BCUT2D eigenvalue weighted by Crippen LogP contribution is -2.25. The second-order valence-electron chi connectivity index (χ2n) is 8.74. The van der Waals surface area contributed by atoms with Gasteiger partial charge in [0.1, 0.15) is 0 Å². The quantitative estimate of drug-likeness (QED) is 0.234. The fraction of sp³-hybridized carbons (Fsp3) is 0.870. The molecule has 1 aliphatic carbocycles. The maximum Gasteiger partial charge on any atom is 0.305 e.